The van der Waals surface area contributed by atoms with Crippen molar-refractivity contribution in [1.29, 1.82) is 0 Å². The molecule has 5 heteroatoms. The number of nitrogens with zero attached hydrogens (tertiary/aromatic N) is 4. The lowest BCUT2D eigenvalue weighted by Crippen LogP contribution is -2.33. The van der Waals surface area contributed by atoms with Gasteiger partial charge >= 0.3 is 0 Å². The fourth-order valence-electron chi connectivity index (χ4n) is 4.87. The molecule has 2 heterocycles. The monoisotopic (exact) mass is 458 g/mol. The molecule has 1 aromatic heterocycles. The summed E-state index contributed by atoms with van der Waals surface area (Å²) in [6, 6.07) is 19.4. The third kappa shape index (κ3) is 6.72. The summed E-state index contributed by atoms with van der Waals surface area (Å²) in [7, 11) is 0. The van der Waals surface area contributed by atoms with Gasteiger partial charge in [-0.1, -0.05) is 74.2 Å². The predicted octanol–water partition coefficient (Wildman–Crippen LogP) is 5.97. The summed E-state index contributed by atoms with van der Waals surface area (Å²) in [6.45, 7) is 6.10. The predicted molar refractivity (Wildman–Crippen MR) is 139 cm³/mol. The lowest BCUT2D eigenvalue weighted by molar-refractivity contribution is -0.132. The van der Waals surface area contributed by atoms with E-state index in [0.29, 0.717) is 19.5 Å². The molecule has 0 fully saturated rings. The molecule has 2 aromatic carbocycles. The quantitative estimate of drug-likeness (QED) is 0.473. The number of hydrogen-bond acceptors (Lipinski definition) is 3. The Labute approximate surface area is 204 Å². The minimum atomic E-state index is 0.229. The van der Waals surface area contributed by atoms with Crippen molar-refractivity contribution >= 4 is 11.6 Å². The second-order valence-electron chi connectivity index (χ2n) is 9.39. The second-order valence-corrected chi connectivity index (χ2v) is 9.39. The summed E-state index contributed by atoms with van der Waals surface area (Å²) in [5.74, 6) is 1.19. The van der Waals surface area contributed by atoms with Gasteiger partial charge in [-0.05, 0) is 37.0 Å². The van der Waals surface area contributed by atoms with Gasteiger partial charge in [0.1, 0.15) is 5.82 Å². The van der Waals surface area contributed by atoms with E-state index in [4.69, 9.17) is 0 Å². The highest BCUT2D eigenvalue weighted by Gasteiger charge is 2.19. The van der Waals surface area contributed by atoms with Crippen LogP contribution >= 0.6 is 0 Å². The zero-order chi connectivity index (χ0) is 23.6. The van der Waals surface area contributed by atoms with Crippen LogP contribution < -0.4 is 4.90 Å². The third-order valence-electron chi connectivity index (χ3n) is 6.86. The Balaban J connectivity index is 1.55. The normalized spacial score (nSPS) is 15.7. The lowest BCUT2D eigenvalue weighted by Gasteiger charge is -2.30. The van der Waals surface area contributed by atoms with E-state index >= 15 is 0 Å². The number of aryl methyl sites for hydroxylation is 2. The van der Waals surface area contributed by atoms with Gasteiger partial charge < -0.3 is 14.4 Å². The standard InChI is InChI=1S/C29H38N4O/c1-25-30-18-22-31(25)21-17-29(34)33-20-12-5-3-2-4-11-19-32(23-26-13-7-6-8-14-26)28-16-10-9-15-27(28)24-33/h6-10,13-16,18,22H,2-5,11-12,17,19-21,23-24H2,1H3. The first-order valence-corrected chi connectivity index (χ1v) is 12.8. The summed E-state index contributed by atoms with van der Waals surface area (Å²) in [4.78, 5) is 22.2. The van der Waals surface area contributed by atoms with Crippen molar-refractivity contribution in [3.05, 3.63) is 83.9 Å². The van der Waals surface area contributed by atoms with Gasteiger partial charge in [0.2, 0.25) is 5.91 Å². The number of benzene rings is 2. The topological polar surface area (TPSA) is 41.4 Å². The molecule has 1 amide bonds. The van der Waals surface area contributed by atoms with Crippen LogP contribution in [0.1, 0.15) is 61.9 Å². The molecule has 0 atom stereocenters. The number of para-hydroxylation sites is 1. The van der Waals surface area contributed by atoms with Crippen molar-refractivity contribution in [2.75, 3.05) is 18.0 Å². The maximum atomic E-state index is 13.4. The SMILES string of the molecule is Cc1nccn1CCC(=O)N1CCCCCCCCN(Cc2ccccc2)c2ccccc2C1. The Morgan fingerprint density at radius 1 is 0.882 bits per heavy atom. The number of aromatic nitrogens is 2. The average molecular weight is 459 g/mol. The van der Waals surface area contributed by atoms with Crippen molar-refractivity contribution in [1.82, 2.24) is 14.5 Å². The van der Waals surface area contributed by atoms with E-state index in [1.54, 1.807) is 6.20 Å². The molecule has 0 unspecified atom stereocenters. The summed E-state index contributed by atoms with van der Waals surface area (Å²) in [6.07, 6.45) is 11.5. The number of anilines is 1. The van der Waals surface area contributed by atoms with Crippen LogP contribution in [0.2, 0.25) is 0 Å². The highest BCUT2D eigenvalue weighted by Crippen LogP contribution is 2.26. The smallest absolute Gasteiger partial charge is 0.224 e. The molecule has 34 heavy (non-hydrogen) atoms. The Morgan fingerprint density at radius 2 is 1.59 bits per heavy atom. The molecule has 180 valence electrons. The maximum absolute atomic E-state index is 13.4. The van der Waals surface area contributed by atoms with E-state index < -0.39 is 0 Å². The first kappa shape index (κ1) is 24.1. The van der Waals surface area contributed by atoms with Gasteiger partial charge in [0.15, 0.2) is 0 Å². The summed E-state index contributed by atoms with van der Waals surface area (Å²) in [5, 5.41) is 0. The molecule has 0 bridgehead atoms. The van der Waals surface area contributed by atoms with Gasteiger partial charge in [0.25, 0.3) is 0 Å². The molecule has 1 aliphatic heterocycles. The Bertz CT molecular complexity index is 1030. The third-order valence-corrected chi connectivity index (χ3v) is 6.86. The number of carbonyl (C=O) groups excluding carboxylic acids is 1. The first-order chi connectivity index (χ1) is 16.7. The summed E-state index contributed by atoms with van der Waals surface area (Å²) >= 11 is 0. The molecular formula is C29H38N4O. The number of carbonyl (C=O) groups is 1. The first-order valence-electron chi connectivity index (χ1n) is 12.8. The molecule has 0 aliphatic carbocycles. The molecule has 0 saturated carbocycles. The molecule has 0 saturated heterocycles. The molecule has 5 nitrogen and oxygen atoms in total. The highest BCUT2D eigenvalue weighted by atomic mass is 16.2. The molecule has 0 N–H and O–H groups in total. The van der Waals surface area contributed by atoms with Crippen LogP contribution in [0.4, 0.5) is 5.69 Å². The van der Waals surface area contributed by atoms with Crippen molar-refractivity contribution in [3.63, 3.8) is 0 Å². The van der Waals surface area contributed by atoms with E-state index in [1.807, 2.05) is 13.1 Å². The maximum Gasteiger partial charge on any atom is 0.224 e. The summed E-state index contributed by atoms with van der Waals surface area (Å²) in [5.41, 5.74) is 3.82. The van der Waals surface area contributed by atoms with Crippen LogP contribution in [0.25, 0.3) is 0 Å². The van der Waals surface area contributed by atoms with E-state index in [1.165, 1.54) is 48.9 Å². The fraction of sp³-hybridized carbons (Fsp3) is 0.448. The van der Waals surface area contributed by atoms with E-state index in [0.717, 1.165) is 31.9 Å². The van der Waals surface area contributed by atoms with E-state index in [9.17, 15) is 4.79 Å². The fourth-order valence-corrected chi connectivity index (χ4v) is 4.87. The number of imidazole rings is 1. The minimum absolute atomic E-state index is 0.229. The second kappa shape index (κ2) is 12.4. The van der Waals surface area contributed by atoms with Crippen LogP contribution in [0.3, 0.4) is 0 Å². The summed E-state index contributed by atoms with van der Waals surface area (Å²) < 4.78 is 2.06. The van der Waals surface area contributed by atoms with Crippen LogP contribution in [0.15, 0.2) is 67.0 Å². The lowest BCUT2D eigenvalue weighted by atomic mass is 10.1. The zero-order valence-corrected chi connectivity index (χ0v) is 20.5. The van der Waals surface area contributed by atoms with Crippen LogP contribution in [0, 0.1) is 6.92 Å². The Hall–Kier alpha value is -3.08. The number of hydrogen-bond donors (Lipinski definition) is 0. The van der Waals surface area contributed by atoms with E-state index in [2.05, 4.69) is 73.9 Å². The van der Waals surface area contributed by atoms with Gasteiger partial charge in [-0.2, -0.15) is 0 Å². The Morgan fingerprint density at radius 3 is 2.35 bits per heavy atom. The average Bonchev–Trinajstić information content (AvgIpc) is 3.28. The molecule has 1 aliphatic rings. The molecular weight excluding hydrogens is 420 g/mol. The largest absolute Gasteiger partial charge is 0.367 e. The highest BCUT2D eigenvalue weighted by molar-refractivity contribution is 5.76. The minimum Gasteiger partial charge on any atom is -0.367 e. The van der Waals surface area contributed by atoms with Gasteiger partial charge in [0.05, 0.1) is 0 Å². The van der Waals surface area contributed by atoms with Gasteiger partial charge in [-0.3, -0.25) is 4.79 Å². The van der Waals surface area contributed by atoms with Gasteiger partial charge in [0, 0.05) is 57.2 Å². The van der Waals surface area contributed by atoms with Crippen LogP contribution in [-0.4, -0.2) is 33.4 Å². The van der Waals surface area contributed by atoms with Gasteiger partial charge in [-0.25, -0.2) is 4.98 Å². The van der Waals surface area contributed by atoms with Crippen LogP contribution in [0.5, 0.6) is 0 Å². The van der Waals surface area contributed by atoms with Crippen LogP contribution in [-0.2, 0) is 24.4 Å². The molecule has 0 spiro atoms. The van der Waals surface area contributed by atoms with E-state index in [-0.39, 0.29) is 5.91 Å². The Kier molecular flexibility index (Phi) is 8.78. The van der Waals surface area contributed by atoms with Crippen molar-refractivity contribution in [2.24, 2.45) is 0 Å². The van der Waals surface area contributed by atoms with Gasteiger partial charge in [-0.15, -0.1) is 0 Å². The van der Waals surface area contributed by atoms with Crippen molar-refractivity contribution in [2.45, 2.75) is 71.5 Å². The zero-order valence-electron chi connectivity index (χ0n) is 20.5. The van der Waals surface area contributed by atoms with Crippen molar-refractivity contribution in [3.8, 4) is 0 Å². The number of amides is 1. The number of rotatable bonds is 5. The molecule has 3 aromatic rings. The number of fused-ring (bicyclic) bond motifs is 1. The molecule has 0 radical (unpaired) electrons. The van der Waals surface area contributed by atoms with Crippen molar-refractivity contribution < 1.29 is 4.79 Å². The molecule has 4 rings (SSSR count).